The number of nitrogens with one attached hydrogen (secondary N) is 1. The van der Waals surface area contributed by atoms with E-state index in [2.05, 4.69) is 9.88 Å². The Morgan fingerprint density at radius 2 is 1.95 bits per heavy atom. The average Bonchev–Trinajstić information content (AvgIpc) is 2.70. The summed E-state index contributed by atoms with van der Waals surface area (Å²) in [6, 6.07) is 5.10. The van der Waals surface area contributed by atoms with Gasteiger partial charge in [-0.25, -0.2) is 8.42 Å². The maximum Gasteiger partial charge on any atom is 0.289 e. The molecule has 0 bridgehead atoms. The van der Waals surface area contributed by atoms with Crippen LogP contribution in [-0.4, -0.2) is 18.5 Å². The van der Waals surface area contributed by atoms with Crippen molar-refractivity contribution < 1.29 is 17.9 Å². The van der Waals surface area contributed by atoms with E-state index in [0.29, 0.717) is 5.69 Å². The summed E-state index contributed by atoms with van der Waals surface area (Å²) in [5, 5.41) is 14.5. The molecule has 9 heteroatoms. The molecule has 1 N–H and O–H groups in total. The van der Waals surface area contributed by atoms with Crippen LogP contribution in [0.25, 0.3) is 0 Å². The first-order valence-corrected chi connectivity index (χ1v) is 7.00. The van der Waals surface area contributed by atoms with Crippen molar-refractivity contribution in [2.45, 2.75) is 18.7 Å². The summed E-state index contributed by atoms with van der Waals surface area (Å²) in [6.45, 7) is 3.10. The fraction of sp³-hybridized carbons (Fsp3) is 0.182. The van der Waals surface area contributed by atoms with Crippen LogP contribution < -0.4 is 4.72 Å². The number of nitrogens with zero attached hydrogens (tertiary/aromatic N) is 2. The molecule has 0 fully saturated rings. The van der Waals surface area contributed by atoms with E-state index >= 15 is 0 Å². The third-order valence-electron chi connectivity index (χ3n) is 2.62. The first kappa shape index (κ1) is 14.0. The number of nitro groups is 1. The van der Waals surface area contributed by atoms with Crippen molar-refractivity contribution in [3.8, 4) is 0 Å². The zero-order valence-corrected chi connectivity index (χ0v) is 11.5. The number of aromatic nitrogens is 1. The summed E-state index contributed by atoms with van der Waals surface area (Å²) in [5.74, 6) is 0.282. The largest absolute Gasteiger partial charge is 0.359 e. The molecule has 0 radical (unpaired) electrons. The number of para-hydroxylation sites is 1. The van der Waals surface area contributed by atoms with Crippen LogP contribution in [0.5, 0.6) is 0 Å². The molecule has 1 aromatic carbocycles. The van der Waals surface area contributed by atoms with Crippen LogP contribution in [0, 0.1) is 24.0 Å². The molecule has 1 heterocycles. The summed E-state index contributed by atoms with van der Waals surface area (Å²) in [7, 11) is -4.10. The quantitative estimate of drug-likeness (QED) is 0.681. The van der Waals surface area contributed by atoms with E-state index in [1.807, 2.05) is 0 Å². The normalized spacial score (nSPS) is 11.3. The predicted molar refractivity (Wildman–Crippen MR) is 69.9 cm³/mol. The smallest absolute Gasteiger partial charge is 0.289 e. The van der Waals surface area contributed by atoms with Crippen LogP contribution in [-0.2, 0) is 10.0 Å². The SMILES string of the molecule is Cc1noc(C)c1NS(=O)(=O)c1ccccc1[N+](=O)[O-]. The fourth-order valence-corrected chi connectivity index (χ4v) is 3.00. The molecule has 1 aromatic heterocycles. The summed E-state index contributed by atoms with van der Waals surface area (Å²) in [4.78, 5) is 9.73. The topological polar surface area (TPSA) is 115 Å². The van der Waals surface area contributed by atoms with Gasteiger partial charge in [0, 0.05) is 6.07 Å². The van der Waals surface area contributed by atoms with Gasteiger partial charge in [-0.15, -0.1) is 0 Å². The van der Waals surface area contributed by atoms with E-state index in [9.17, 15) is 18.5 Å². The van der Waals surface area contributed by atoms with E-state index in [0.717, 1.165) is 6.07 Å². The van der Waals surface area contributed by atoms with Gasteiger partial charge in [-0.2, -0.15) is 0 Å². The number of nitro benzene ring substituents is 1. The van der Waals surface area contributed by atoms with Gasteiger partial charge in [-0.3, -0.25) is 14.8 Å². The first-order valence-electron chi connectivity index (χ1n) is 5.52. The Labute approximate surface area is 114 Å². The summed E-state index contributed by atoms with van der Waals surface area (Å²) < 4.78 is 31.6. The molecule has 0 aliphatic rings. The van der Waals surface area contributed by atoms with Gasteiger partial charge in [0.15, 0.2) is 10.7 Å². The minimum Gasteiger partial charge on any atom is -0.359 e. The highest BCUT2D eigenvalue weighted by molar-refractivity contribution is 7.92. The van der Waals surface area contributed by atoms with Crippen molar-refractivity contribution in [3.05, 3.63) is 45.8 Å². The van der Waals surface area contributed by atoms with E-state index in [1.54, 1.807) is 6.92 Å². The molecular formula is C11H11N3O5S. The second-order valence-electron chi connectivity index (χ2n) is 4.03. The highest BCUT2D eigenvalue weighted by atomic mass is 32.2. The van der Waals surface area contributed by atoms with Crippen molar-refractivity contribution in [1.82, 2.24) is 5.16 Å². The Kier molecular flexibility index (Phi) is 3.45. The highest BCUT2D eigenvalue weighted by Crippen LogP contribution is 2.27. The van der Waals surface area contributed by atoms with Gasteiger partial charge in [0.1, 0.15) is 11.4 Å². The molecule has 0 saturated heterocycles. The number of benzene rings is 1. The Morgan fingerprint density at radius 3 is 2.50 bits per heavy atom. The molecule has 0 atom stereocenters. The van der Waals surface area contributed by atoms with Crippen molar-refractivity contribution in [1.29, 1.82) is 0 Å². The molecule has 0 amide bonds. The van der Waals surface area contributed by atoms with Crippen LogP contribution in [0.15, 0.2) is 33.7 Å². The van der Waals surface area contributed by atoms with Gasteiger partial charge in [0.05, 0.1) is 4.92 Å². The lowest BCUT2D eigenvalue weighted by atomic mass is 10.3. The van der Waals surface area contributed by atoms with Gasteiger partial charge < -0.3 is 4.52 Å². The lowest BCUT2D eigenvalue weighted by molar-refractivity contribution is -0.387. The van der Waals surface area contributed by atoms with Crippen LogP contribution in [0.4, 0.5) is 11.4 Å². The molecule has 0 spiro atoms. The summed E-state index contributed by atoms with van der Waals surface area (Å²) in [6.07, 6.45) is 0. The minimum absolute atomic E-state index is 0.183. The van der Waals surface area contributed by atoms with Gasteiger partial charge in [-0.1, -0.05) is 17.3 Å². The van der Waals surface area contributed by atoms with Crippen molar-refractivity contribution >= 4 is 21.4 Å². The molecule has 2 rings (SSSR count). The second kappa shape index (κ2) is 4.93. The standard InChI is InChI=1S/C11H11N3O5S/c1-7-11(8(2)19-12-7)13-20(17,18)10-6-4-3-5-9(10)14(15)16/h3-6,13H,1-2H3. The van der Waals surface area contributed by atoms with E-state index in [-0.39, 0.29) is 11.4 Å². The first-order chi connectivity index (χ1) is 9.33. The molecule has 8 nitrogen and oxygen atoms in total. The Balaban J connectivity index is 2.49. The van der Waals surface area contributed by atoms with Gasteiger partial charge in [0.25, 0.3) is 15.7 Å². The minimum atomic E-state index is -4.10. The van der Waals surface area contributed by atoms with Gasteiger partial charge in [0.2, 0.25) is 0 Å². The number of anilines is 1. The second-order valence-corrected chi connectivity index (χ2v) is 5.68. The van der Waals surface area contributed by atoms with Crippen LogP contribution in [0.2, 0.25) is 0 Å². The molecule has 106 valence electrons. The van der Waals surface area contributed by atoms with Crippen LogP contribution >= 0.6 is 0 Å². The summed E-state index contributed by atoms with van der Waals surface area (Å²) >= 11 is 0. The van der Waals surface area contributed by atoms with E-state index < -0.39 is 25.5 Å². The molecule has 2 aromatic rings. The molecule has 0 saturated carbocycles. The van der Waals surface area contributed by atoms with E-state index in [4.69, 9.17) is 4.52 Å². The molecule has 20 heavy (non-hydrogen) atoms. The third-order valence-corrected chi connectivity index (χ3v) is 4.02. The molecule has 0 unspecified atom stereocenters. The number of hydrogen-bond acceptors (Lipinski definition) is 6. The molecule has 0 aliphatic heterocycles. The Hall–Kier alpha value is -2.42. The zero-order chi connectivity index (χ0) is 14.9. The number of rotatable bonds is 4. The third kappa shape index (κ3) is 2.48. The Bertz CT molecular complexity index is 747. The highest BCUT2D eigenvalue weighted by Gasteiger charge is 2.27. The van der Waals surface area contributed by atoms with Gasteiger partial charge in [-0.05, 0) is 19.9 Å². The maximum atomic E-state index is 12.2. The summed E-state index contributed by atoms with van der Waals surface area (Å²) in [5.41, 5.74) is 0.0413. The van der Waals surface area contributed by atoms with Crippen LogP contribution in [0.3, 0.4) is 0 Å². The maximum absolute atomic E-state index is 12.2. The predicted octanol–water partition coefficient (Wildman–Crippen LogP) is 2.00. The average molecular weight is 297 g/mol. The lowest BCUT2D eigenvalue weighted by Crippen LogP contribution is -2.15. The number of hydrogen-bond donors (Lipinski definition) is 1. The van der Waals surface area contributed by atoms with Crippen molar-refractivity contribution in [2.75, 3.05) is 4.72 Å². The van der Waals surface area contributed by atoms with Crippen molar-refractivity contribution in [2.24, 2.45) is 0 Å². The van der Waals surface area contributed by atoms with Crippen LogP contribution in [0.1, 0.15) is 11.5 Å². The molecule has 0 aliphatic carbocycles. The van der Waals surface area contributed by atoms with E-state index in [1.165, 1.54) is 25.1 Å². The Morgan fingerprint density at radius 1 is 1.30 bits per heavy atom. The van der Waals surface area contributed by atoms with Gasteiger partial charge >= 0.3 is 0 Å². The number of aryl methyl sites for hydroxylation is 2. The fourth-order valence-electron chi connectivity index (χ4n) is 1.65. The van der Waals surface area contributed by atoms with Crippen molar-refractivity contribution in [3.63, 3.8) is 0 Å². The monoisotopic (exact) mass is 297 g/mol. The zero-order valence-electron chi connectivity index (χ0n) is 10.7. The number of sulfonamides is 1. The molecular weight excluding hydrogens is 286 g/mol. The lowest BCUT2D eigenvalue weighted by Gasteiger charge is -2.07.